The Morgan fingerprint density at radius 2 is 0.982 bits per heavy atom. The van der Waals surface area contributed by atoms with E-state index in [2.05, 4.69) is 206 Å². The fraction of sp³-hybridized carbons (Fsp3) is 0.0545. The highest BCUT2D eigenvalue weighted by Crippen LogP contribution is 2.50. The molecular weight excluding hydrogens is 707 g/mol. The third kappa shape index (κ3) is 4.75. The van der Waals surface area contributed by atoms with Gasteiger partial charge in [-0.05, 0) is 109 Å². The molecule has 268 valence electrons. The summed E-state index contributed by atoms with van der Waals surface area (Å²) >= 11 is 1.90. The van der Waals surface area contributed by atoms with Crippen LogP contribution < -0.4 is 0 Å². The molecule has 0 spiro atoms. The van der Waals surface area contributed by atoms with Crippen LogP contribution in [-0.4, -0.2) is 4.57 Å². The van der Waals surface area contributed by atoms with E-state index >= 15 is 0 Å². The van der Waals surface area contributed by atoms with Crippen LogP contribution in [0, 0.1) is 0 Å². The average Bonchev–Trinajstić information content (AvgIpc) is 3.81. The van der Waals surface area contributed by atoms with Crippen molar-refractivity contribution in [1.82, 2.24) is 4.57 Å². The molecule has 1 nitrogen and oxygen atoms in total. The van der Waals surface area contributed by atoms with Gasteiger partial charge in [0, 0.05) is 42.0 Å². The predicted octanol–water partition coefficient (Wildman–Crippen LogP) is 15.6. The molecular formula is C55H37NS. The Labute approximate surface area is 335 Å². The van der Waals surface area contributed by atoms with Crippen LogP contribution in [0.4, 0.5) is 0 Å². The average molecular weight is 744 g/mol. The van der Waals surface area contributed by atoms with Gasteiger partial charge in [-0.1, -0.05) is 159 Å². The van der Waals surface area contributed by atoms with Gasteiger partial charge in [0.15, 0.2) is 0 Å². The number of rotatable bonds is 4. The lowest BCUT2D eigenvalue weighted by Gasteiger charge is -2.35. The topological polar surface area (TPSA) is 4.93 Å². The van der Waals surface area contributed by atoms with Crippen molar-refractivity contribution in [3.8, 4) is 50.2 Å². The molecule has 0 unspecified atom stereocenters. The first-order valence-corrected chi connectivity index (χ1v) is 20.7. The summed E-state index contributed by atoms with van der Waals surface area (Å²) in [6, 6.07) is 69.9. The fourth-order valence-corrected chi connectivity index (χ4v) is 11.1. The number of aromatic nitrogens is 1. The minimum Gasteiger partial charge on any atom is -0.309 e. The second kappa shape index (κ2) is 12.1. The second-order valence-electron chi connectivity index (χ2n) is 16.1. The molecule has 0 atom stereocenters. The van der Waals surface area contributed by atoms with Gasteiger partial charge >= 0.3 is 0 Å². The van der Waals surface area contributed by atoms with Crippen molar-refractivity contribution in [2.75, 3.05) is 0 Å². The minimum absolute atomic E-state index is 0.0624. The molecule has 0 radical (unpaired) electrons. The van der Waals surface area contributed by atoms with Gasteiger partial charge in [-0.25, -0.2) is 0 Å². The van der Waals surface area contributed by atoms with Crippen LogP contribution in [0.5, 0.6) is 0 Å². The summed E-state index contributed by atoms with van der Waals surface area (Å²) in [6.45, 7) is 4.73. The first-order chi connectivity index (χ1) is 28.0. The van der Waals surface area contributed by atoms with Crippen molar-refractivity contribution in [2.45, 2.75) is 19.3 Å². The van der Waals surface area contributed by atoms with Crippen LogP contribution in [-0.2, 0) is 5.41 Å². The molecule has 0 saturated heterocycles. The van der Waals surface area contributed by atoms with Gasteiger partial charge in [0.1, 0.15) is 0 Å². The molecule has 0 amide bonds. The Hall–Kier alpha value is -6.74. The first-order valence-electron chi connectivity index (χ1n) is 19.8. The number of thiophene rings is 1. The molecule has 1 aliphatic rings. The number of benzene rings is 9. The van der Waals surface area contributed by atoms with Crippen LogP contribution in [0.25, 0.3) is 103 Å². The van der Waals surface area contributed by atoms with Crippen molar-refractivity contribution in [1.29, 1.82) is 0 Å². The van der Waals surface area contributed by atoms with Gasteiger partial charge in [0.2, 0.25) is 0 Å². The Balaban J connectivity index is 0.932. The van der Waals surface area contributed by atoms with E-state index in [4.69, 9.17) is 0 Å². The van der Waals surface area contributed by atoms with E-state index < -0.39 is 0 Å². The monoisotopic (exact) mass is 743 g/mol. The van der Waals surface area contributed by atoms with E-state index in [0.29, 0.717) is 0 Å². The second-order valence-corrected chi connectivity index (χ2v) is 17.1. The molecule has 0 fully saturated rings. The summed E-state index contributed by atoms with van der Waals surface area (Å²) in [5.74, 6) is 0. The van der Waals surface area contributed by atoms with Crippen LogP contribution in [0.1, 0.15) is 25.0 Å². The summed E-state index contributed by atoms with van der Waals surface area (Å²) < 4.78 is 5.03. The largest absolute Gasteiger partial charge is 0.309 e. The first kappa shape index (κ1) is 32.5. The Morgan fingerprint density at radius 1 is 0.386 bits per heavy atom. The zero-order chi connectivity index (χ0) is 37.8. The fourth-order valence-electron chi connectivity index (χ4n) is 9.85. The lowest BCUT2D eigenvalue weighted by atomic mass is 9.68. The van der Waals surface area contributed by atoms with Crippen molar-refractivity contribution in [3.63, 3.8) is 0 Å². The van der Waals surface area contributed by atoms with E-state index in [1.807, 2.05) is 11.3 Å². The maximum absolute atomic E-state index is 2.40. The van der Waals surface area contributed by atoms with Crippen LogP contribution in [0.15, 0.2) is 188 Å². The molecule has 2 heterocycles. The van der Waals surface area contributed by atoms with Crippen LogP contribution in [0.2, 0.25) is 0 Å². The van der Waals surface area contributed by atoms with Crippen LogP contribution in [0.3, 0.4) is 0 Å². The molecule has 11 aromatic rings. The Kier molecular flexibility index (Phi) is 6.91. The smallest absolute Gasteiger partial charge is 0.0541 e. The number of hydrogen-bond donors (Lipinski definition) is 0. The van der Waals surface area contributed by atoms with Crippen molar-refractivity contribution >= 4 is 64.1 Å². The van der Waals surface area contributed by atoms with E-state index in [1.165, 1.54) is 114 Å². The van der Waals surface area contributed by atoms with E-state index in [-0.39, 0.29) is 5.41 Å². The molecule has 12 rings (SSSR count). The van der Waals surface area contributed by atoms with Crippen molar-refractivity contribution in [2.24, 2.45) is 0 Å². The lowest BCUT2D eigenvalue weighted by molar-refractivity contribution is 0.645. The quantitative estimate of drug-likeness (QED) is 0.169. The number of nitrogens with zero attached hydrogens (tertiary/aromatic N) is 1. The van der Waals surface area contributed by atoms with E-state index in [0.717, 1.165) is 0 Å². The molecule has 1 aliphatic carbocycles. The van der Waals surface area contributed by atoms with Gasteiger partial charge < -0.3 is 4.57 Å². The van der Waals surface area contributed by atoms with E-state index in [1.54, 1.807) is 0 Å². The summed E-state index contributed by atoms with van der Waals surface area (Å²) in [6.07, 6.45) is 0. The summed E-state index contributed by atoms with van der Waals surface area (Å²) in [5, 5.41) is 7.88. The Morgan fingerprint density at radius 3 is 1.84 bits per heavy atom. The highest BCUT2D eigenvalue weighted by atomic mass is 32.1. The van der Waals surface area contributed by atoms with E-state index in [9.17, 15) is 0 Å². The molecule has 2 aromatic heterocycles. The van der Waals surface area contributed by atoms with Gasteiger partial charge in [0.25, 0.3) is 0 Å². The lowest BCUT2D eigenvalue weighted by Crippen LogP contribution is -2.23. The number of hydrogen-bond acceptors (Lipinski definition) is 1. The molecule has 0 saturated carbocycles. The standard InChI is InChI=1S/C55H37NS/c1-55(2)48-19-8-6-14-41(48)44-29-28-39(43-17-11-20-49(55)53(43)44)34-22-24-35(25-23-34)40-16-10-18-45-47-33-37(27-31-52(47)57-54(40)45)36-26-30-51-46(32-36)42-15-7-9-21-50(42)56(51)38-12-4-3-5-13-38/h3-33H,1-2H3. The molecule has 0 N–H and O–H groups in total. The van der Waals surface area contributed by atoms with Crippen molar-refractivity contribution < 1.29 is 0 Å². The predicted molar refractivity (Wildman–Crippen MR) is 245 cm³/mol. The molecule has 57 heavy (non-hydrogen) atoms. The molecule has 9 aromatic carbocycles. The summed E-state index contributed by atoms with van der Waals surface area (Å²) in [5.41, 5.74) is 16.6. The number of fused-ring (bicyclic) bond motifs is 8. The maximum Gasteiger partial charge on any atom is 0.0541 e. The summed E-state index contributed by atoms with van der Waals surface area (Å²) in [4.78, 5) is 0. The zero-order valence-corrected chi connectivity index (χ0v) is 32.6. The third-order valence-corrected chi connectivity index (χ3v) is 13.8. The summed E-state index contributed by atoms with van der Waals surface area (Å²) in [7, 11) is 0. The SMILES string of the molecule is CC1(C)c2ccccc2-c2ccc(-c3ccc(-c4cccc5c4sc4ccc(-c6ccc7c(c6)c6ccccc6n7-c6ccccc6)cc45)cc3)c3cccc1c23. The van der Waals surface area contributed by atoms with Crippen molar-refractivity contribution in [3.05, 3.63) is 199 Å². The van der Waals surface area contributed by atoms with Gasteiger partial charge in [-0.3, -0.25) is 0 Å². The zero-order valence-electron chi connectivity index (χ0n) is 31.8. The highest BCUT2D eigenvalue weighted by molar-refractivity contribution is 7.26. The molecule has 0 bridgehead atoms. The molecule has 2 heteroatoms. The van der Waals surface area contributed by atoms with Crippen LogP contribution >= 0.6 is 11.3 Å². The van der Waals surface area contributed by atoms with Gasteiger partial charge in [0.05, 0.1) is 11.0 Å². The van der Waals surface area contributed by atoms with Gasteiger partial charge in [-0.2, -0.15) is 0 Å². The normalized spacial score (nSPS) is 13.2. The Bertz CT molecular complexity index is 3410. The minimum atomic E-state index is -0.0624. The third-order valence-electron chi connectivity index (χ3n) is 12.6. The number of para-hydroxylation sites is 2. The van der Waals surface area contributed by atoms with Gasteiger partial charge in [-0.15, -0.1) is 11.3 Å². The highest BCUT2D eigenvalue weighted by Gasteiger charge is 2.33. The molecule has 0 aliphatic heterocycles. The maximum atomic E-state index is 2.40.